The Hall–Kier alpha value is 0.250. The Morgan fingerprint density at radius 2 is 1.30 bits per heavy atom. The summed E-state index contributed by atoms with van der Waals surface area (Å²) in [4.78, 5) is 15.0. The third-order valence-electron chi connectivity index (χ3n) is 6.60. The Balaban J connectivity index is 4.55. The minimum absolute atomic E-state index is 0.0920. The molecular weight excluding hydrogens is 501 g/mol. The summed E-state index contributed by atoms with van der Waals surface area (Å²) >= 11 is 1.40. The van der Waals surface area contributed by atoms with Crippen LogP contribution in [0.1, 0.15) is 116 Å². The SMILES string of the molecule is CCC(C)(C)N(CCCC(=O)SCCOCCOP(N(C(C)C)C(C)C)N(C(C)C)C(C)C)C(C)(C)C. The Morgan fingerprint density at radius 3 is 1.70 bits per heavy atom. The van der Waals surface area contributed by atoms with Crippen LogP contribution in [0.25, 0.3) is 0 Å². The van der Waals surface area contributed by atoms with E-state index in [-0.39, 0.29) is 16.2 Å². The van der Waals surface area contributed by atoms with E-state index in [0.29, 0.717) is 56.2 Å². The lowest BCUT2D eigenvalue weighted by Crippen LogP contribution is -2.54. The molecule has 37 heavy (non-hydrogen) atoms. The van der Waals surface area contributed by atoms with Crippen molar-refractivity contribution in [1.82, 2.24) is 14.2 Å². The average Bonchev–Trinajstić information content (AvgIpc) is 2.73. The number of carbonyl (C=O) groups is 1. The Kier molecular flexibility index (Phi) is 18.0. The fourth-order valence-corrected chi connectivity index (χ4v) is 7.96. The van der Waals surface area contributed by atoms with Gasteiger partial charge in [0.1, 0.15) is 0 Å². The second-order valence-corrected chi connectivity index (χ2v) is 15.5. The zero-order chi connectivity index (χ0) is 29.0. The zero-order valence-corrected chi connectivity index (χ0v) is 28.6. The third-order valence-corrected chi connectivity index (χ3v) is 10.6. The Bertz CT molecular complexity index is 588. The van der Waals surface area contributed by atoms with Gasteiger partial charge in [-0.2, -0.15) is 0 Å². The minimum Gasteiger partial charge on any atom is -0.378 e. The summed E-state index contributed by atoms with van der Waals surface area (Å²) in [5.74, 6) is 0.700. The summed E-state index contributed by atoms with van der Waals surface area (Å²) in [5.41, 5.74) is 0.224. The third kappa shape index (κ3) is 13.9. The summed E-state index contributed by atoms with van der Waals surface area (Å²) in [7, 11) is -0.888. The lowest BCUT2D eigenvalue weighted by molar-refractivity contribution is -0.111. The molecule has 0 aromatic rings. The van der Waals surface area contributed by atoms with E-state index in [1.165, 1.54) is 11.8 Å². The van der Waals surface area contributed by atoms with Crippen LogP contribution in [0.3, 0.4) is 0 Å². The molecule has 0 N–H and O–H groups in total. The smallest absolute Gasteiger partial charge is 0.189 e. The maximum absolute atomic E-state index is 12.4. The Morgan fingerprint density at radius 1 is 0.811 bits per heavy atom. The second-order valence-electron chi connectivity index (χ2n) is 12.6. The van der Waals surface area contributed by atoms with E-state index in [9.17, 15) is 4.79 Å². The number of ether oxygens (including phenoxy) is 1. The molecule has 0 fully saturated rings. The van der Waals surface area contributed by atoms with Gasteiger partial charge < -0.3 is 9.26 Å². The lowest BCUT2D eigenvalue weighted by Gasteiger charge is -2.47. The molecule has 0 aliphatic rings. The minimum atomic E-state index is -0.888. The van der Waals surface area contributed by atoms with Crippen LogP contribution < -0.4 is 0 Å². The standard InChI is InChI=1S/C29H62N3O3PS/c1-15-29(13,14)30(28(10,11)12)18-16-17-27(33)37-22-21-34-19-20-35-36(31(23(2)3)24(4)5)32(25(6)7)26(8)9/h23-26H,15-22H2,1-14H3. The van der Waals surface area contributed by atoms with Crippen molar-refractivity contribution < 1.29 is 14.1 Å². The molecule has 0 atom stereocenters. The van der Waals surface area contributed by atoms with Gasteiger partial charge in [-0.25, -0.2) is 9.34 Å². The van der Waals surface area contributed by atoms with Gasteiger partial charge in [-0.1, -0.05) is 18.7 Å². The molecule has 8 heteroatoms. The molecule has 0 spiro atoms. The van der Waals surface area contributed by atoms with Gasteiger partial charge in [-0.05, 0) is 109 Å². The van der Waals surface area contributed by atoms with E-state index in [1.54, 1.807) is 0 Å². The van der Waals surface area contributed by atoms with Gasteiger partial charge in [0.25, 0.3) is 0 Å². The van der Waals surface area contributed by atoms with Crippen molar-refractivity contribution in [3.8, 4) is 0 Å². The average molecular weight is 564 g/mol. The van der Waals surface area contributed by atoms with Crippen molar-refractivity contribution in [1.29, 1.82) is 0 Å². The van der Waals surface area contributed by atoms with Crippen molar-refractivity contribution >= 4 is 25.3 Å². The van der Waals surface area contributed by atoms with Crippen LogP contribution in [0.2, 0.25) is 0 Å². The highest BCUT2D eigenvalue weighted by atomic mass is 32.2. The quantitative estimate of drug-likeness (QED) is 0.117. The monoisotopic (exact) mass is 563 g/mol. The van der Waals surface area contributed by atoms with E-state index in [4.69, 9.17) is 9.26 Å². The van der Waals surface area contributed by atoms with Gasteiger partial charge in [-0.15, -0.1) is 0 Å². The van der Waals surface area contributed by atoms with Crippen molar-refractivity contribution in [3.05, 3.63) is 0 Å². The van der Waals surface area contributed by atoms with Crippen LogP contribution in [0.4, 0.5) is 0 Å². The van der Waals surface area contributed by atoms with Crippen LogP contribution in [0, 0.1) is 0 Å². The number of rotatable bonds is 19. The summed E-state index contributed by atoms with van der Waals surface area (Å²) in [6.45, 7) is 34.2. The molecule has 0 unspecified atom stereocenters. The molecule has 222 valence electrons. The molecule has 0 aliphatic carbocycles. The molecule has 0 aliphatic heterocycles. The molecule has 6 nitrogen and oxygen atoms in total. The molecular formula is C29H62N3O3PS. The van der Waals surface area contributed by atoms with Gasteiger partial charge >= 0.3 is 0 Å². The molecule has 0 rings (SSSR count). The largest absolute Gasteiger partial charge is 0.378 e. The maximum Gasteiger partial charge on any atom is 0.189 e. The van der Waals surface area contributed by atoms with Crippen molar-refractivity contribution in [2.45, 2.75) is 151 Å². The summed E-state index contributed by atoms with van der Waals surface area (Å²) in [6, 6.07) is 1.60. The first-order chi connectivity index (χ1) is 17.0. The topological polar surface area (TPSA) is 45.3 Å². The van der Waals surface area contributed by atoms with E-state index < -0.39 is 8.45 Å². The van der Waals surface area contributed by atoms with Gasteiger partial charge in [0.15, 0.2) is 13.6 Å². The molecule has 0 aromatic heterocycles. The number of nitrogens with zero attached hydrogens (tertiary/aromatic N) is 3. The summed E-state index contributed by atoms with van der Waals surface area (Å²) < 4.78 is 17.3. The van der Waals surface area contributed by atoms with Crippen LogP contribution >= 0.6 is 20.2 Å². The first-order valence-electron chi connectivity index (χ1n) is 14.5. The van der Waals surface area contributed by atoms with E-state index >= 15 is 0 Å². The van der Waals surface area contributed by atoms with E-state index in [1.807, 2.05) is 0 Å². The number of thioether (sulfide) groups is 1. The van der Waals surface area contributed by atoms with E-state index in [2.05, 4.69) is 111 Å². The predicted molar refractivity (Wildman–Crippen MR) is 165 cm³/mol. The fraction of sp³-hybridized carbons (Fsp3) is 0.966. The van der Waals surface area contributed by atoms with Gasteiger partial charge in [-0.3, -0.25) is 9.69 Å². The van der Waals surface area contributed by atoms with Gasteiger partial charge in [0.2, 0.25) is 0 Å². The van der Waals surface area contributed by atoms with Gasteiger partial charge in [0, 0.05) is 47.4 Å². The van der Waals surface area contributed by atoms with Crippen molar-refractivity contribution in [2.24, 2.45) is 0 Å². The molecule has 0 bridgehead atoms. The highest BCUT2D eigenvalue weighted by molar-refractivity contribution is 8.13. The normalized spacial score (nSPS) is 13.7. The predicted octanol–water partition coefficient (Wildman–Crippen LogP) is 7.81. The van der Waals surface area contributed by atoms with Crippen LogP contribution in [0.15, 0.2) is 0 Å². The van der Waals surface area contributed by atoms with Crippen LogP contribution in [0.5, 0.6) is 0 Å². The molecule has 0 saturated carbocycles. The second kappa shape index (κ2) is 17.8. The Labute approximate surface area is 236 Å². The van der Waals surface area contributed by atoms with Crippen LogP contribution in [-0.4, -0.2) is 86.7 Å². The van der Waals surface area contributed by atoms with Crippen molar-refractivity contribution in [3.63, 3.8) is 0 Å². The first-order valence-corrected chi connectivity index (χ1v) is 16.6. The number of carbonyl (C=O) groups excluding carboxylic acids is 1. The van der Waals surface area contributed by atoms with Crippen LogP contribution in [-0.2, 0) is 14.1 Å². The maximum atomic E-state index is 12.4. The first kappa shape index (κ1) is 37.2. The van der Waals surface area contributed by atoms with Gasteiger partial charge in [0.05, 0.1) is 19.8 Å². The highest BCUT2D eigenvalue weighted by Crippen LogP contribution is 2.50. The molecule has 0 radical (unpaired) electrons. The van der Waals surface area contributed by atoms with Crippen molar-refractivity contribution in [2.75, 3.05) is 32.1 Å². The van der Waals surface area contributed by atoms with E-state index in [0.717, 1.165) is 19.4 Å². The molecule has 0 saturated heterocycles. The number of hydrogen-bond donors (Lipinski definition) is 0. The summed E-state index contributed by atoms with van der Waals surface area (Å²) in [6.07, 6.45) is 2.61. The summed E-state index contributed by atoms with van der Waals surface area (Å²) in [5, 5.41) is 0.264. The lowest BCUT2D eigenvalue weighted by atomic mass is 9.91. The molecule has 0 heterocycles. The zero-order valence-electron chi connectivity index (χ0n) is 26.9. The molecule has 0 amide bonds. The highest BCUT2D eigenvalue weighted by Gasteiger charge is 2.35. The fourth-order valence-electron chi connectivity index (χ4n) is 4.92. The molecule has 0 aromatic carbocycles. The number of hydrogen-bond acceptors (Lipinski definition) is 7.